The summed E-state index contributed by atoms with van der Waals surface area (Å²) in [5.41, 5.74) is 1.70. The summed E-state index contributed by atoms with van der Waals surface area (Å²) in [6.07, 6.45) is 0.550. The molecule has 2 rings (SSSR count). The van der Waals surface area contributed by atoms with Crippen molar-refractivity contribution < 1.29 is 4.79 Å². The van der Waals surface area contributed by atoms with E-state index in [1.807, 2.05) is 43.3 Å². The van der Waals surface area contributed by atoms with E-state index in [9.17, 15) is 4.79 Å². The van der Waals surface area contributed by atoms with Crippen LogP contribution in [0.25, 0.3) is 0 Å². The first kappa shape index (κ1) is 16.9. The lowest BCUT2D eigenvalue weighted by molar-refractivity contribution is 0.0972. The van der Waals surface area contributed by atoms with Gasteiger partial charge in [0.1, 0.15) is 0 Å². The van der Waals surface area contributed by atoms with Crippen LogP contribution in [-0.2, 0) is 0 Å². The van der Waals surface area contributed by atoms with E-state index in [1.165, 1.54) is 0 Å². The fourth-order valence-corrected chi connectivity index (χ4v) is 1.83. The molecule has 1 aliphatic rings. The van der Waals surface area contributed by atoms with Gasteiger partial charge in [-0.25, -0.2) is 0 Å². The Morgan fingerprint density at radius 3 is 2.60 bits per heavy atom. The van der Waals surface area contributed by atoms with E-state index in [0.717, 1.165) is 36.8 Å². The molecule has 1 heterocycles. The number of carbonyl (C=O) groups is 1. The van der Waals surface area contributed by atoms with Crippen molar-refractivity contribution in [2.75, 3.05) is 39.0 Å². The fourth-order valence-electron chi connectivity index (χ4n) is 1.83. The number of Topliss-reactive ketones (excluding diaryl/α,β-unsaturated/α-hetero) is 1. The zero-order chi connectivity index (χ0) is 13.7. The van der Waals surface area contributed by atoms with Crippen LogP contribution >= 0.6 is 24.0 Å². The van der Waals surface area contributed by atoms with E-state index >= 15 is 0 Å². The normalized spacial score (nSPS) is 13.4. The zero-order valence-corrected chi connectivity index (χ0v) is 14.2. The third-order valence-corrected chi connectivity index (χ3v) is 2.93. The van der Waals surface area contributed by atoms with Gasteiger partial charge in [0.2, 0.25) is 0 Å². The summed E-state index contributed by atoms with van der Waals surface area (Å²) in [6.45, 7) is 2.46. The first-order chi connectivity index (χ1) is 9.15. The van der Waals surface area contributed by atoms with Crippen LogP contribution in [0.1, 0.15) is 16.8 Å². The van der Waals surface area contributed by atoms with Crippen molar-refractivity contribution in [3.05, 3.63) is 29.8 Å². The SMILES string of the molecule is CN(C)CCC(=O)c1ccc(NC2=NCCN2)cc1.I. The fraction of sp³-hybridized carbons (Fsp3) is 0.429. The van der Waals surface area contributed by atoms with E-state index in [1.54, 1.807) is 0 Å². The molecule has 0 unspecified atom stereocenters. The number of rotatable bonds is 5. The van der Waals surface area contributed by atoms with Crippen molar-refractivity contribution >= 4 is 41.4 Å². The van der Waals surface area contributed by atoms with Crippen LogP contribution in [0.4, 0.5) is 5.69 Å². The molecule has 0 atom stereocenters. The molecule has 6 heteroatoms. The van der Waals surface area contributed by atoms with Crippen molar-refractivity contribution in [2.24, 2.45) is 4.99 Å². The van der Waals surface area contributed by atoms with Crippen molar-refractivity contribution in [1.82, 2.24) is 10.2 Å². The predicted octanol–water partition coefficient (Wildman–Crippen LogP) is 1.81. The minimum Gasteiger partial charge on any atom is -0.354 e. The molecule has 1 aromatic carbocycles. The zero-order valence-electron chi connectivity index (χ0n) is 11.8. The summed E-state index contributed by atoms with van der Waals surface area (Å²) in [6, 6.07) is 7.53. The van der Waals surface area contributed by atoms with Crippen LogP contribution in [0.2, 0.25) is 0 Å². The van der Waals surface area contributed by atoms with Gasteiger partial charge < -0.3 is 15.5 Å². The molecular formula is C14H21IN4O. The Bertz CT molecular complexity index is 471. The van der Waals surface area contributed by atoms with E-state index < -0.39 is 0 Å². The molecule has 0 amide bonds. The van der Waals surface area contributed by atoms with Gasteiger partial charge in [-0.2, -0.15) is 0 Å². The Morgan fingerprint density at radius 1 is 1.35 bits per heavy atom. The monoisotopic (exact) mass is 388 g/mol. The summed E-state index contributed by atoms with van der Waals surface area (Å²) < 4.78 is 0. The summed E-state index contributed by atoms with van der Waals surface area (Å²) >= 11 is 0. The minimum absolute atomic E-state index is 0. The van der Waals surface area contributed by atoms with Crippen molar-refractivity contribution in [3.63, 3.8) is 0 Å². The predicted molar refractivity (Wildman–Crippen MR) is 93.3 cm³/mol. The van der Waals surface area contributed by atoms with E-state index in [-0.39, 0.29) is 29.8 Å². The highest BCUT2D eigenvalue weighted by Crippen LogP contribution is 2.11. The molecule has 0 spiro atoms. The maximum Gasteiger partial charge on any atom is 0.195 e. The van der Waals surface area contributed by atoms with Crippen LogP contribution in [0.15, 0.2) is 29.3 Å². The largest absolute Gasteiger partial charge is 0.354 e. The minimum atomic E-state index is 0. The molecule has 1 aliphatic heterocycles. The smallest absolute Gasteiger partial charge is 0.195 e. The average Bonchev–Trinajstić information content (AvgIpc) is 2.89. The van der Waals surface area contributed by atoms with Gasteiger partial charge in [-0.05, 0) is 38.4 Å². The molecule has 20 heavy (non-hydrogen) atoms. The molecule has 0 aliphatic carbocycles. The van der Waals surface area contributed by atoms with Crippen LogP contribution in [0.3, 0.4) is 0 Å². The number of carbonyl (C=O) groups excluding carboxylic acids is 1. The van der Waals surface area contributed by atoms with Crippen molar-refractivity contribution in [3.8, 4) is 0 Å². The quantitative estimate of drug-likeness (QED) is 0.597. The average molecular weight is 388 g/mol. The summed E-state index contributed by atoms with van der Waals surface area (Å²) in [7, 11) is 3.94. The van der Waals surface area contributed by atoms with Crippen molar-refractivity contribution in [2.45, 2.75) is 6.42 Å². The molecule has 0 bridgehead atoms. The number of hydrogen-bond acceptors (Lipinski definition) is 5. The maximum absolute atomic E-state index is 11.9. The summed E-state index contributed by atoms with van der Waals surface area (Å²) in [5, 5.41) is 6.32. The van der Waals surface area contributed by atoms with E-state index in [2.05, 4.69) is 15.6 Å². The molecule has 0 fully saturated rings. The molecule has 110 valence electrons. The Kier molecular flexibility index (Phi) is 6.94. The Morgan fingerprint density at radius 2 is 2.05 bits per heavy atom. The topological polar surface area (TPSA) is 56.7 Å². The molecule has 5 nitrogen and oxygen atoms in total. The van der Waals surface area contributed by atoms with Gasteiger partial charge >= 0.3 is 0 Å². The van der Waals surface area contributed by atoms with Gasteiger partial charge in [-0.15, -0.1) is 24.0 Å². The highest BCUT2D eigenvalue weighted by atomic mass is 127. The lowest BCUT2D eigenvalue weighted by Gasteiger charge is -2.09. The van der Waals surface area contributed by atoms with E-state index in [4.69, 9.17) is 0 Å². The van der Waals surface area contributed by atoms with Gasteiger partial charge in [-0.1, -0.05) is 0 Å². The van der Waals surface area contributed by atoms with Gasteiger partial charge in [0.05, 0.1) is 6.54 Å². The molecule has 2 N–H and O–H groups in total. The number of nitrogens with zero attached hydrogens (tertiary/aromatic N) is 2. The molecule has 1 aromatic rings. The number of hydrogen-bond donors (Lipinski definition) is 2. The second-order valence-electron chi connectivity index (χ2n) is 4.84. The number of aliphatic imine (C=N–C) groups is 1. The molecule has 0 radical (unpaired) electrons. The first-order valence-corrected chi connectivity index (χ1v) is 6.48. The summed E-state index contributed by atoms with van der Waals surface area (Å²) in [4.78, 5) is 18.2. The van der Waals surface area contributed by atoms with E-state index in [0.29, 0.717) is 6.42 Å². The van der Waals surface area contributed by atoms with Crippen LogP contribution in [0.5, 0.6) is 0 Å². The van der Waals surface area contributed by atoms with Crippen LogP contribution in [0, 0.1) is 0 Å². The number of guanidine groups is 1. The number of benzene rings is 1. The lowest BCUT2D eigenvalue weighted by Crippen LogP contribution is -2.26. The van der Waals surface area contributed by atoms with Crippen LogP contribution < -0.4 is 10.6 Å². The Hall–Kier alpha value is -1.15. The third kappa shape index (κ3) is 5.09. The van der Waals surface area contributed by atoms with Gasteiger partial charge in [-0.3, -0.25) is 9.79 Å². The van der Waals surface area contributed by atoms with Gasteiger partial charge in [0.15, 0.2) is 11.7 Å². The molecule has 0 saturated carbocycles. The Labute approximate surface area is 136 Å². The number of anilines is 1. The second-order valence-corrected chi connectivity index (χ2v) is 4.84. The number of ketones is 1. The van der Waals surface area contributed by atoms with Gasteiger partial charge in [0.25, 0.3) is 0 Å². The maximum atomic E-state index is 11.9. The van der Waals surface area contributed by atoms with Crippen molar-refractivity contribution in [1.29, 1.82) is 0 Å². The number of halogens is 1. The first-order valence-electron chi connectivity index (χ1n) is 6.48. The van der Waals surface area contributed by atoms with Crippen LogP contribution in [-0.4, -0.2) is 50.4 Å². The Balaban J connectivity index is 0.00000200. The molecule has 0 aromatic heterocycles. The molecular weight excluding hydrogens is 367 g/mol. The van der Waals surface area contributed by atoms with Gasteiger partial charge in [0, 0.05) is 30.8 Å². The highest BCUT2D eigenvalue weighted by molar-refractivity contribution is 14.0. The lowest BCUT2D eigenvalue weighted by atomic mass is 10.1. The standard InChI is InChI=1S/C14H20N4O.HI/c1-18(2)10-7-13(19)11-3-5-12(6-4-11)17-14-15-8-9-16-14;/h3-6H,7-10H2,1-2H3,(H2,15,16,17);1H. The third-order valence-electron chi connectivity index (χ3n) is 2.93. The second kappa shape index (κ2) is 8.21. The molecule has 0 saturated heterocycles. The number of nitrogens with one attached hydrogen (secondary N) is 2. The summed E-state index contributed by atoms with van der Waals surface area (Å²) in [5.74, 6) is 0.975. The highest BCUT2D eigenvalue weighted by Gasteiger charge is 2.08.